The highest BCUT2D eigenvalue weighted by Gasteiger charge is 2.48. The van der Waals surface area contributed by atoms with Gasteiger partial charge in [0.05, 0.1) is 24.8 Å². The number of carbonyl (C=O) groups is 1. The first-order valence-electron chi connectivity index (χ1n) is 11.1. The van der Waals surface area contributed by atoms with Crippen LogP contribution in [-0.2, 0) is 0 Å². The summed E-state index contributed by atoms with van der Waals surface area (Å²) in [6.45, 7) is 11.9. The highest BCUT2D eigenvalue weighted by Crippen LogP contribution is 2.39. The summed E-state index contributed by atoms with van der Waals surface area (Å²) in [6, 6.07) is 0.757. The molecule has 1 aromatic rings. The van der Waals surface area contributed by atoms with Crippen LogP contribution in [0.2, 0.25) is 0 Å². The van der Waals surface area contributed by atoms with Gasteiger partial charge < -0.3 is 15.1 Å². The molecule has 0 radical (unpaired) electrons. The molecule has 0 aromatic carbocycles. The fourth-order valence-electron chi connectivity index (χ4n) is 5.43. The number of hydrogen-bond donors (Lipinski definition) is 1. The molecule has 2 fully saturated rings. The maximum absolute atomic E-state index is 14.2. The second-order valence-corrected chi connectivity index (χ2v) is 9.58. The zero-order chi connectivity index (χ0) is 21.9. The van der Waals surface area contributed by atoms with Crippen molar-refractivity contribution in [3.05, 3.63) is 29.0 Å². The van der Waals surface area contributed by atoms with E-state index in [1.807, 2.05) is 9.80 Å². The number of halogens is 1. The van der Waals surface area contributed by atoms with Crippen molar-refractivity contribution in [3.63, 3.8) is 0 Å². The van der Waals surface area contributed by atoms with Crippen LogP contribution in [0.1, 0.15) is 39.4 Å². The molecule has 8 nitrogen and oxygen atoms in total. The smallest absolute Gasteiger partial charge is 0.321 e. The zero-order valence-corrected chi connectivity index (χ0v) is 18.7. The number of nitrogens with one attached hydrogen (secondary N) is 1. The molecule has 1 aromatic heterocycles. The van der Waals surface area contributed by atoms with Gasteiger partial charge in [0, 0.05) is 30.7 Å². The molecule has 31 heavy (non-hydrogen) atoms. The number of rotatable bonds is 1. The van der Waals surface area contributed by atoms with Crippen molar-refractivity contribution in [2.75, 3.05) is 38.0 Å². The molecule has 166 valence electrons. The number of fused-ring (bicyclic) bond motifs is 1. The number of amides is 2. The molecule has 9 heteroatoms. The number of aryl methyl sites for hydroxylation is 1. The first-order chi connectivity index (χ1) is 14.8. The molecule has 4 aliphatic rings. The van der Waals surface area contributed by atoms with Gasteiger partial charge in [-0.3, -0.25) is 9.89 Å². The van der Waals surface area contributed by atoms with Gasteiger partial charge >= 0.3 is 6.03 Å². The van der Waals surface area contributed by atoms with Crippen molar-refractivity contribution in [2.24, 2.45) is 4.99 Å². The minimum Gasteiger partial charge on any atom is -0.322 e. The molecular formula is C22H30FN7O. The van der Waals surface area contributed by atoms with E-state index < -0.39 is 11.4 Å². The number of amidine groups is 1. The topological polar surface area (TPSA) is 77.0 Å². The number of carbonyl (C=O) groups excluding carboxylic acids is 1. The maximum Gasteiger partial charge on any atom is 0.321 e. The third kappa shape index (κ3) is 3.30. The average molecular weight is 428 g/mol. The quantitative estimate of drug-likeness (QED) is 0.745. The summed E-state index contributed by atoms with van der Waals surface area (Å²) in [7, 11) is 0. The first kappa shape index (κ1) is 20.4. The van der Waals surface area contributed by atoms with Crippen molar-refractivity contribution in [3.8, 4) is 0 Å². The maximum atomic E-state index is 14.2. The Morgan fingerprint density at radius 2 is 2.13 bits per heavy atom. The predicted octanol–water partition coefficient (Wildman–Crippen LogP) is 2.43. The van der Waals surface area contributed by atoms with Crippen molar-refractivity contribution < 1.29 is 9.18 Å². The Bertz CT molecular complexity index is 988. The van der Waals surface area contributed by atoms with Crippen molar-refractivity contribution >= 4 is 17.7 Å². The summed E-state index contributed by atoms with van der Waals surface area (Å²) in [6.07, 6.45) is 3.54. The second-order valence-electron chi connectivity index (χ2n) is 9.58. The van der Waals surface area contributed by atoms with Gasteiger partial charge in [0.1, 0.15) is 11.7 Å². The molecule has 2 amide bonds. The van der Waals surface area contributed by atoms with Gasteiger partial charge in [-0.2, -0.15) is 0 Å². The van der Waals surface area contributed by atoms with Crippen molar-refractivity contribution in [2.45, 2.75) is 58.2 Å². The second kappa shape index (κ2) is 7.25. The highest BCUT2D eigenvalue weighted by molar-refractivity contribution is 6.11. The average Bonchev–Trinajstić information content (AvgIpc) is 3.40. The number of aromatic nitrogens is 2. The van der Waals surface area contributed by atoms with Gasteiger partial charge in [-0.15, -0.1) is 0 Å². The van der Waals surface area contributed by atoms with E-state index in [0.29, 0.717) is 30.8 Å². The van der Waals surface area contributed by atoms with Crippen molar-refractivity contribution in [1.29, 1.82) is 0 Å². The third-order valence-corrected chi connectivity index (χ3v) is 7.29. The van der Waals surface area contributed by atoms with Gasteiger partial charge in [-0.05, 0) is 52.7 Å². The van der Waals surface area contributed by atoms with E-state index >= 15 is 0 Å². The lowest BCUT2D eigenvalue weighted by molar-refractivity contribution is 0.0549. The lowest BCUT2D eigenvalue weighted by Gasteiger charge is -2.46. The monoisotopic (exact) mass is 427 g/mol. The van der Waals surface area contributed by atoms with Gasteiger partial charge in [0.25, 0.3) is 0 Å². The number of urea groups is 1. The van der Waals surface area contributed by atoms with Crippen LogP contribution in [0, 0.1) is 12.7 Å². The van der Waals surface area contributed by atoms with Gasteiger partial charge in [0.15, 0.2) is 11.6 Å². The van der Waals surface area contributed by atoms with Gasteiger partial charge in [-0.25, -0.2) is 19.2 Å². The van der Waals surface area contributed by atoms with Crippen LogP contribution >= 0.6 is 0 Å². The van der Waals surface area contributed by atoms with E-state index in [9.17, 15) is 9.18 Å². The van der Waals surface area contributed by atoms with Gasteiger partial charge in [-0.1, -0.05) is 0 Å². The number of anilines is 1. The molecule has 2 atom stereocenters. The molecule has 0 spiro atoms. The summed E-state index contributed by atoms with van der Waals surface area (Å²) in [5.41, 5.74) is 1.65. The summed E-state index contributed by atoms with van der Waals surface area (Å²) in [5.74, 6) is 0.689. The summed E-state index contributed by atoms with van der Waals surface area (Å²) in [5, 5.41) is 3.05. The third-order valence-electron chi connectivity index (χ3n) is 7.29. The molecule has 0 aliphatic carbocycles. The minimum atomic E-state index is -0.518. The summed E-state index contributed by atoms with van der Waals surface area (Å²) < 4.78 is 14.2. The molecule has 5 rings (SSSR count). The molecule has 1 N–H and O–H groups in total. The van der Waals surface area contributed by atoms with Crippen LogP contribution < -0.4 is 5.32 Å². The molecule has 0 unspecified atom stereocenters. The lowest BCUT2D eigenvalue weighted by Crippen LogP contribution is -2.61. The molecule has 4 aliphatic heterocycles. The van der Waals surface area contributed by atoms with E-state index in [4.69, 9.17) is 0 Å². The minimum absolute atomic E-state index is 0.0851. The van der Waals surface area contributed by atoms with Crippen LogP contribution in [0.5, 0.6) is 0 Å². The van der Waals surface area contributed by atoms with E-state index in [1.165, 1.54) is 12.8 Å². The Balaban J connectivity index is 1.35. The summed E-state index contributed by atoms with van der Waals surface area (Å²) in [4.78, 5) is 32.8. The standard InChI is InChI=1S/C22H30FN7O/c1-13-10-28-7-5-6-15(28)11-29(13)21(31)30-12-16-17(22(30,3)4)8-25-19(16)27-20-18(23)9-24-14(2)26-20/h9,13,15H,5-8,10-12H2,1-4H3,(H,24,25,26,27)/t13-,15-/m0/s1. The van der Waals surface area contributed by atoms with E-state index in [-0.39, 0.29) is 17.9 Å². The molecule has 0 saturated carbocycles. The normalized spacial score (nSPS) is 27.5. The fourth-order valence-corrected chi connectivity index (χ4v) is 5.43. The Hall–Kier alpha value is -2.55. The van der Waals surface area contributed by atoms with E-state index in [1.54, 1.807) is 6.92 Å². The van der Waals surface area contributed by atoms with Crippen molar-refractivity contribution in [1.82, 2.24) is 24.7 Å². The predicted molar refractivity (Wildman–Crippen MR) is 117 cm³/mol. The van der Waals surface area contributed by atoms with E-state index in [0.717, 1.165) is 37.0 Å². The fraction of sp³-hybridized carbons (Fsp3) is 0.636. The number of hydrogen-bond acceptors (Lipinski definition) is 6. The zero-order valence-electron chi connectivity index (χ0n) is 18.7. The summed E-state index contributed by atoms with van der Waals surface area (Å²) >= 11 is 0. The molecular weight excluding hydrogens is 397 g/mol. The van der Waals surface area contributed by atoms with Gasteiger partial charge in [0.2, 0.25) is 0 Å². The Morgan fingerprint density at radius 1 is 1.32 bits per heavy atom. The number of aliphatic imine (C=N–C) groups is 1. The Kier molecular flexibility index (Phi) is 4.76. The largest absolute Gasteiger partial charge is 0.322 e. The molecule has 2 saturated heterocycles. The van der Waals surface area contributed by atoms with Crippen LogP contribution in [0.3, 0.4) is 0 Å². The first-order valence-corrected chi connectivity index (χ1v) is 11.1. The highest BCUT2D eigenvalue weighted by atomic mass is 19.1. The van der Waals surface area contributed by atoms with Crippen LogP contribution in [0.4, 0.5) is 15.0 Å². The van der Waals surface area contributed by atoms with Crippen LogP contribution in [0.15, 0.2) is 22.3 Å². The Morgan fingerprint density at radius 3 is 2.94 bits per heavy atom. The number of piperazine rings is 1. The van der Waals surface area contributed by atoms with E-state index in [2.05, 4.69) is 45.9 Å². The lowest BCUT2D eigenvalue weighted by atomic mass is 9.94. The molecule has 5 heterocycles. The van der Waals surface area contributed by atoms with Crippen LogP contribution in [0.25, 0.3) is 0 Å². The molecule has 0 bridgehead atoms. The Labute approximate surface area is 182 Å². The number of nitrogens with zero attached hydrogens (tertiary/aromatic N) is 6. The SMILES string of the molecule is Cc1ncc(F)c(NC2=NCC3=C2CN(C(=O)N2C[C@@H]4CCCN4C[C@@H]2C)C3(C)C)n1. The van der Waals surface area contributed by atoms with Crippen LogP contribution in [-0.4, -0.2) is 86.9 Å².